The number of hydroxylamine groups is 2. The molecule has 0 saturated carbocycles. The molecule has 1 fully saturated rings. The lowest BCUT2D eigenvalue weighted by Crippen LogP contribution is -2.46. The number of carbonyl (C=O) groups excluding carboxylic acids is 2. The Kier molecular flexibility index (Phi) is 4.55. The van der Waals surface area contributed by atoms with E-state index in [9.17, 15) is 22.8 Å². The van der Waals surface area contributed by atoms with Crippen LogP contribution in [0.15, 0.2) is 0 Å². The van der Waals surface area contributed by atoms with E-state index in [4.69, 9.17) is 0 Å². The van der Waals surface area contributed by atoms with Gasteiger partial charge in [-0.05, 0) is 19.8 Å². The summed E-state index contributed by atoms with van der Waals surface area (Å²) >= 11 is 0. The van der Waals surface area contributed by atoms with Crippen LogP contribution in [0.25, 0.3) is 0 Å². The van der Waals surface area contributed by atoms with Crippen LogP contribution in [0.4, 0.5) is 13.2 Å². The van der Waals surface area contributed by atoms with E-state index in [-0.39, 0.29) is 18.9 Å². The van der Waals surface area contributed by atoms with Crippen molar-refractivity contribution in [1.82, 2.24) is 5.06 Å². The zero-order chi connectivity index (χ0) is 13.9. The van der Waals surface area contributed by atoms with Crippen molar-refractivity contribution in [2.24, 2.45) is 5.92 Å². The molecule has 8 heteroatoms. The topological polar surface area (TPSA) is 55.8 Å². The minimum Gasteiger partial charge on any atom is -0.469 e. The Morgan fingerprint density at radius 1 is 1.33 bits per heavy atom. The molecule has 0 N–H and O–H groups in total. The first kappa shape index (κ1) is 14.7. The molecule has 0 aliphatic carbocycles. The lowest BCUT2D eigenvalue weighted by Gasteiger charge is -2.34. The summed E-state index contributed by atoms with van der Waals surface area (Å²) in [5.41, 5.74) is 0. The highest BCUT2D eigenvalue weighted by Gasteiger charge is 2.44. The smallest absolute Gasteiger partial charge is 0.469 e. The fourth-order valence-electron chi connectivity index (χ4n) is 1.83. The number of halogens is 3. The van der Waals surface area contributed by atoms with Crippen LogP contribution in [0.1, 0.15) is 19.8 Å². The molecule has 1 aliphatic rings. The average Bonchev–Trinajstić information content (AvgIpc) is 2.29. The summed E-state index contributed by atoms with van der Waals surface area (Å²) in [6.07, 6.45) is -4.43. The maximum atomic E-state index is 12.0. The van der Waals surface area contributed by atoms with Gasteiger partial charge in [-0.1, -0.05) is 0 Å². The standard InChI is InChI=1S/C10H14F3NO4/c1-6-5-7(8(15)17-2)3-4-14(6)18-9(16)10(11,12)13/h6-7H,3-5H2,1-2H3. The van der Waals surface area contributed by atoms with Gasteiger partial charge in [0.05, 0.1) is 13.0 Å². The third-order valence-corrected chi connectivity index (χ3v) is 2.78. The average molecular weight is 269 g/mol. The minimum atomic E-state index is -5.01. The van der Waals surface area contributed by atoms with Gasteiger partial charge in [-0.15, -0.1) is 5.06 Å². The molecule has 0 amide bonds. The lowest BCUT2D eigenvalue weighted by molar-refractivity contribution is -0.250. The third-order valence-electron chi connectivity index (χ3n) is 2.78. The highest BCUT2D eigenvalue weighted by molar-refractivity contribution is 5.75. The first-order valence-electron chi connectivity index (χ1n) is 5.39. The molecule has 1 rings (SSSR count). The molecular formula is C10H14F3NO4. The van der Waals surface area contributed by atoms with Crippen LogP contribution in [0, 0.1) is 5.92 Å². The molecule has 0 bridgehead atoms. The van der Waals surface area contributed by atoms with Crippen molar-refractivity contribution in [3.05, 3.63) is 0 Å². The number of hydrogen-bond donors (Lipinski definition) is 0. The van der Waals surface area contributed by atoms with E-state index < -0.39 is 24.2 Å². The van der Waals surface area contributed by atoms with Crippen molar-refractivity contribution in [3.8, 4) is 0 Å². The van der Waals surface area contributed by atoms with Gasteiger partial charge in [0.1, 0.15) is 0 Å². The normalized spacial score (nSPS) is 25.6. The van der Waals surface area contributed by atoms with E-state index in [1.807, 2.05) is 0 Å². The van der Waals surface area contributed by atoms with Gasteiger partial charge < -0.3 is 9.57 Å². The molecular weight excluding hydrogens is 255 g/mol. The second-order valence-corrected chi connectivity index (χ2v) is 4.11. The Hall–Kier alpha value is -1.31. The number of methoxy groups -OCH3 is 1. The summed E-state index contributed by atoms with van der Waals surface area (Å²) in [6, 6.07) is -0.464. The Morgan fingerprint density at radius 2 is 1.94 bits per heavy atom. The number of rotatable bonds is 2. The van der Waals surface area contributed by atoms with Crippen LogP contribution in [-0.4, -0.2) is 42.9 Å². The van der Waals surface area contributed by atoms with E-state index in [1.165, 1.54) is 7.11 Å². The van der Waals surface area contributed by atoms with Gasteiger partial charge in [-0.25, -0.2) is 4.79 Å². The summed E-state index contributed by atoms with van der Waals surface area (Å²) in [4.78, 5) is 26.2. The monoisotopic (exact) mass is 269 g/mol. The molecule has 2 unspecified atom stereocenters. The van der Waals surface area contributed by atoms with Crippen molar-refractivity contribution >= 4 is 11.9 Å². The molecule has 0 radical (unpaired) electrons. The molecule has 0 aromatic carbocycles. The number of esters is 1. The SMILES string of the molecule is COC(=O)C1CCN(OC(=O)C(F)(F)F)C(C)C1. The van der Waals surface area contributed by atoms with Crippen LogP contribution >= 0.6 is 0 Å². The summed E-state index contributed by atoms with van der Waals surface area (Å²) in [5, 5.41) is 0.954. The molecule has 1 saturated heterocycles. The molecule has 5 nitrogen and oxygen atoms in total. The van der Waals surface area contributed by atoms with Crippen molar-refractivity contribution in [3.63, 3.8) is 0 Å². The highest BCUT2D eigenvalue weighted by atomic mass is 19.4. The summed E-state index contributed by atoms with van der Waals surface area (Å²) < 4.78 is 40.6. The number of hydrogen-bond acceptors (Lipinski definition) is 5. The van der Waals surface area contributed by atoms with Crippen molar-refractivity contribution in [1.29, 1.82) is 0 Å². The van der Waals surface area contributed by atoms with Crippen LogP contribution in [0.3, 0.4) is 0 Å². The summed E-state index contributed by atoms with van der Waals surface area (Å²) in [5.74, 6) is -3.01. The highest BCUT2D eigenvalue weighted by Crippen LogP contribution is 2.26. The third kappa shape index (κ3) is 3.59. The molecule has 0 aromatic rings. The van der Waals surface area contributed by atoms with Crippen molar-refractivity contribution < 1.29 is 32.3 Å². The Bertz CT molecular complexity index is 332. The number of piperidine rings is 1. The Labute approximate surface area is 102 Å². The fourth-order valence-corrected chi connectivity index (χ4v) is 1.83. The minimum absolute atomic E-state index is 0.0722. The number of alkyl halides is 3. The molecule has 2 atom stereocenters. The van der Waals surface area contributed by atoms with Crippen LogP contribution in [-0.2, 0) is 19.2 Å². The predicted octanol–water partition coefficient (Wildman–Crippen LogP) is 1.28. The number of nitrogens with zero attached hydrogens (tertiary/aromatic N) is 1. The van der Waals surface area contributed by atoms with Crippen LogP contribution in [0.2, 0.25) is 0 Å². The van der Waals surface area contributed by atoms with Gasteiger partial charge >= 0.3 is 18.1 Å². The lowest BCUT2D eigenvalue weighted by atomic mass is 9.93. The van der Waals surface area contributed by atoms with Crippen LogP contribution < -0.4 is 0 Å². The van der Waals surface area contributed by atoms with E-state index in [0.29, 0.717) is 6.42 Å². The zero-order valence-electron chi connectivity index (χ0n) is 9.99. The van der Waals surface area contributed by atoms with Gasteiger partial charge in [0.15, 0.2) is 0 Å². The molecule has 1 heterocycles. The number of carbonyl (C=O) groups is 2. The van der Waals surface area contributed by atoms with E-state index in [2.05, 4.69) is 9.57 Å². The zero-order valence-corrected chi connectivity index (χ0v) is 9.99. The largest absolute Gasteiger partial charge is 0.492 e. The number of ether oxygens (including phenoxy) is 1. The predicted molar refractivity (Wildman–Crippen MR) is 53.1 cm³/mol. The van der Waals surface area contributed by atoms with Gasteiger partial charge in [0.2, 0.25) is 0 Å². The van der Waals surface area contributed by atoms with Crippen molar-refractivity contribution in [2.75, 3.05) is 13.7 Å². The second kappa shape index (κ2) is 5.55. The Morgan fingerprint density at radius 3 is 2.39 bits per heavy atom. The van der Waals surface area contributed by atoms with E-state index in [1.54, 1.807) is 6.92 Å². The van der Waals surface area contributed by atoms with Gasteiger partial charge in [0, 0.05) is 12.6 Å². The van der Waals surface area contributed by atoms with E-state index >= 15 is 0 Å². The first-order chi connectivity index (χ1) is 8.25. The molecule has 0 spiro atoms. The summed E-state index contributed by atoms with van der Waals surface area (Å²) in [7, 11) is 1.25. The fraction of sp³-hybridized carbons (Fsp3) is 0.800. The maximum Gasteiger partial charge on any atom is 0.492 e. The molecule has 0 aromatic heterocycles. The maximum absolute atomic E-state index is 12.0. The van der Waals surface area contributed by atoms with Crippen molar-refractivity contribution in [2.45, 2.75) is 32.0 Å². The van der Waals surface area contributed by atoms with Gasteiger partial charge in [0.25, 0.3) is 0 Å². The van der Waals surface area contributed by atoms with Crippen LogP contribution in [0.5, 0.6) is 0 Å². The Balaban J connectivity index is 2.53. The first-order valence-corrected chi connectivity index (χ1v) is 5.39. The summed E-state index contributed by atoms with van der Waals surface area (Å²) in [6.45, 7) is 1.65. The van der Waals surface area contributed by atoms with Gasteiger partial charge in [-0.3, -0.25) is 4.79 Å². The molecule has 104 valence electrons. The van der Waals surface area contributed by atoms with Gasteiger partial charge in [-0.2, -0.15) is 13.2 Å². The molecule has 18 heavy (non-hydrogen) atoms. The quantitative estimate of drug-likeness (QED) is 0.707. The second-order valence-electron chi connectivity index (χ2n) is 4.11. The molecule has 1 aliphatic heterocycles. The van der Waals surface area contributed by atoms with E-state index in [0.717, 1.165) is 5.06 Å².